The molecule has 0 radical (unpaired) electrons. The van der Waals surface area contributed by atoms with E-state index in [0.29, 0.717) is 0 Å². The molecule has 1 unspecified atom stereocenters. The fourth-order valence-electron chi connectivity index (χ4n) is 1.89. The molecule has 9 heteroatoms. The zero-order chi connectivity index (χ0) is 17.5. The highest BCUT2D eigenvalue weighted by atomic mass is 19.4. The molecule has 1 rings (SSSR count). The molecule has 0 bridgehead atoms. The highest BCUT2D eigenvalue weighted by Crippen LogP contribution is 2.21. The highest BCUT2D eigenvalue weighted by molar-refractivity contribution is 5.85. The van der Waals surface area contributed by atoms with Crippen LogP contribution < -0.4 is 16.6 Å². The number of hydrogen-bond acceptors (Lipinski definition) is 5. The van der Waals surface area contributed by atoms with E-state index in [-0.39, 0.29) is 6.42 Å². The van der Waals surface area contributed by atoms with Crippen molar-refractivity contribution in [2.24, 2.45) is 5.84 Å². The standard InChI is InChI=1S/C14H18F3N3O3/c1-23-13(22)10(7-9-5-3-2-4-6-9)19-12(21)8-11(20-18)14(15,16)17/h2-6,10-11,20H,7-8,18H2,1H3,(H,19,21)/t10-,11?/m0/s1. The van der Waals surface area contributed by atoms with Gasteiger partial charge < -0.3 is 10.1 Å². The molecule has 23 heavy (non-hydrogen) atoms. The Labute approximate surface area is 131 Å². The summed E-state index contributed by atoms with van der Waals surface area (Å²) < 4.78 is 42.3. The fourth-order valence-corrected chi connectivity index (χ4v) is 1.89. The van der Waals surface area contributed by atoms with Gasteiger partial charge >= 0.3 is 12.1 Å². The molecule has 4 N–H and O–H groups in total. The molecule has 0 aliphatic heterocycles. The van der Waals surface area contributed by atoms with Crippen molar-refractivity contribution in [2.75, 3.05) is 7.11 Å². The first-order chi connectivity index (χ1) is 10.8. The molecule has 0 saturated heterocycles. The third kappa shape index (κ3) is 6.25. The van der Waals surface area contributed by atoms with Crippen molar-refractivity contribution in [2.45, 2.75) is 31.1 Å². The lowest BCUT2D eigenvalue weighted by atomic mass is 10.1. The molecule has 0 heterocycles. The maximum absolute atomic E-state index is 12.6. The van der Waals surface area contributed by atoms with Gasteiger partial charge in [0.25, 0.3) is 0 Å². The average molecular weight is 333 g/mol. The van der Waals surface area contributed by atoms with E-state index < -0.39 is 36.6 Å². The van der Waals surface area contributed by atoms with Crippen LogP contribution in [0.25, 0.3) is 0 Å². The number of alkyl halides is 3. The van der Waals surface area contributed by atoms with Crippen LogP contribution in [0.15, 0.2) is 30.3 Å². The number of benzene rings is 1. The number of amides is 1. The van der Waals surface area contributed by atoms with Crippen molar-refractivity contribution in [1.82, 2.24) is 10.7 Å². The van der Waals surface area contributed by atoms with Crippen molar-refractivity contribution in [3.63, 3.8) is 0 Å². The van der Waals surface area contributed by atoms with Crippen LogP contribution in [-0.2, 0) is 20.7 Å². The lowest BCUT2D eigenvalue weighted by Crippen LogP contribution is -2.51. The summed E-state index contributed by atoms with van der Waals surface area (Å²) in [6, 6.07) is 5.42. The molecule has 0 aromatic heterocycles. The van der Waals surface area contributed by atoms with Crippen LogP contribution in [0.1, 0.15) is 12.0 Å². The molecule has 0 spiro atoms. The summed E-state index contributed by atoms with van der Waals surface area (Å²) in [6.45, 7) is 0. The number of rotatable bonds is 7. The number of esters is 1. The quantitative estimate of drug-likeness (QED) is 0.387. The Hall–Kier alpha value is -2.13. The third-order valence-electron chi connectivity index (χ3n) is 3.09. The SMILES string of the molecule is COC(=O)[C@H](Cc1ccccc1)NC(=O)CC(NN)C(F)(F)F. The van der Waals surface area contributed by atoms with Gasteiger partial charge in [-0.25, -0.2) is 10.2 Å². The van der Waals surface area contributed by atoms with Crippen LogP contribution in [-0.4, -0.2) is 37.2 Å². The number of carbonyl (C=O) groups excluding carboxylic acids is 2. The molecule has 0 aliphatic rings. The van der Waals surface area contributed by atoms with Gasteiger partial charge in [-0.2, -0.15) is 13.2 Å². The number of hydrazine groups is 1. The zero-order valence-corrected chi connectivity index (χ0v) is 12.4. The Morgan fingerprint density at radius 3 is 2.35 bits per heavy atom. The number of methoxy groups -OCH3 is 1. The number of ether oxygens (including phenoxy) is 1. The van der Waals surface area contributed by atoms with Crippen LogP contribution in [0.4, 0.5) is 13.2 Å². The molecule has 0 aliphatic carbocycles. The smallest absolute Gasteiger partial charge is 0.405 e. The predicted octanol–water partition coefficient (Wildman–Crippen LogP) is 0.671. The molecule has 0 fully saturated rings. The van der Waals surface area contributed by atoms with E-state index in [1.54, 1.807) is 30.3 Å². The molecule has 128 valence electrons. The number of nitrogens with one attached hydrogen (secondary N) is 2. The van der Waals surface area contributed by atoms with Gasteiger partial charge in [-0.05, 0) is 5.56 Å². The summed E-state index contributed by atoms with van der Waals surface area (Å²) in [5.41, 5.74) is 2.27. The van der Waals surface area contributed by atoms with Crippen molar-refractivity contribution < 1.29 is 27.5 Å². The van der Waals surface area contributed by atoms with Gasteiger partial charge in [0.1, 0.15) is 12.1 Å². The molecular formula is C14H18F3N3O3. The average Bonchev–Trinajstić information content (AvgIpc) is 2.51. The first kappa shape index (κ1) is 18.9. The number of nitrogens with two attached hydrogens (primary N) is 1. The second-order valence-electron chi connectivity index (χ2n) is 4.80. The summed E-state index contributed by atoms with van der Waals surface area (Å²) in [4.78, 5) is 23.5. The Bertz CT molecular complexity index is 523. The van der Waals surface area contributed by atoms with E-state index in [1.165, 1.54) is 5.43 Å². The van der Waals surface area contributed by atoms with Crippen molar-refractivity contribution in [3.8, 4) is 0 Å². The van der Waals surface area contributed by atoms with Crippen LogP contribution >= 0.6 is 0 Å². The van der Waals surface area contributed by atoms with Gasteiger partial charge in [-0.1, -0.05) is 30.3 Å². The van der Waals surface area contributed by atoms with E-state index in [0.717, 1.165) is 12.7 Å². The molecule has 1 aromatic rings. The minimum Gasteiger partial charge on any atom is -0.467 e. The highest BCUT2D eigenvalue weighted by Gasteiger charge is 2.40. The monoisotopic (exact) mass is 333 g/mol. The molecule has 1 amide bonds. The first-order valence-electron chi connectivity index (χ1n) is 6.72. The van der Waals surface area contributed by atoms with E-state index in [2.05, 4.69) is 10.1 Å². The van der Waals surface area contributed by atoms with E-state index in [9.17, 15) is 22.8 Å². The topological polar surface area (TPSA) is 93.4 Å². The van der Waals surface area contributed by atoms with E-state index >= 15 is 0 Å². The van der Waals surface area contributed by atoms with E-state index in [1.807, 2.05) is 0 Å². The second-order valence-corrected chi connectivity index (χ2v) is 4.80. The Balaban J connectivity index is 2.73. The molecule has 6 nitrogen and oxygen atoms in total. The summed E-state index contributed by atoms with van der Waals surface area (Å²) in [7, 11) is 1.13. The minimum absolute atomic E-state index is 0.103. The molecule has 1 aromatic carbocycles. The number of carbonyl (C=O) groups is 2. The zero-order valence-electron chi connectivity index (χ0n) is 12.4. The van der Waals surface area contributed by atoms with E-state index in [4.69, 9.17) is 5.84 Å². The molecule has 0 saturated carbocycles. The van der Waals surface area contributed by atoms with Crippen molar-refractivity contribution in [3.05, 3.63) is 35.9 Å². The maximum Gasteiger partial charge on any atom is 0.405 e. The largest absolute Gasteiger partial charge is 0.467 e. The summed E-state index contributed by atoms with van der Waals surface area (Å²) in [5.74, 6) is 3.10. The Kier molecular flexibility index (Phi) is 6.98. The van der Waals surface area contributed by atoms with Gasteiger partial charge in [0, 0.05) is 6.42 Å². The number of halogens is 3. The van der Waals surface area contributed by atoms with Crippen LogP contribution in [0.5, 0.6) is 0 Å². The fraction of sp³-hybridized carbons (Fsp3) is 0.429. The van der Waals surface area contributed by atoms with Gasteiger partial charge in [0.15, 0.2) is 0 Å². The predicted molar refractivity (Wildman–Crippen MR) is 75.9 cm³/mol. The maximum atomic E-state index is 12.6. The Morgan fingerprint density at radius 2 is 1.87 bits per heavy atom. The van der Waals surface area contributed by atoms with Gasteiger partial charge in [0.05, 0.1) is 13.5 Å². The Morgan fingerprint density at radius 1 is 1.26 bits per heavy atom. The van der Waals surface area contributed by atoms with Gasteiger partial charge in [-0.3, -0.25) is 10.6 Å². The van der Waals surface area contributed by atoms with Gasteiger partial charge in [-0.15, -0.1) is 0 Å². The molecule has 2 atom stereocenters. The number of hydrogen-bond donors (Lipinski definition) is 3. The van der Waals surface area contributed by atoms with Crippen LogP contribution in [0.3, 0.4) is 0 Å². The van der Waals surface area contributed by atoms with Crippen LogP contribution in [0.2, 0.25) is 0 Å². The summed E-state index contributed by atoms with van der Waals surface area (Å²) in [6.07, 6.45) is -5.51. The lowest BCUT2D eigenvalue weighted by Gasteiger charge is -2.21. The van der Waals surface area contributed by atoms with Crippen molar-refractivity contribution >= 4 is 11.9 Å². The normalized spacial score (nSPS) is 14.0. The summed E-state index contributed by atoms with van der Waals surface area (Å²) in [5, 5.41) is 2.24. The summed E-state index contributed by atoms with van der Waals surface area (Å²) >= 11 is 0. The van der Waals surface area contributed by atoms with Crippen LogP contribution in [0, 0.1) is 0 Å². The molecular weight excluding hydrogens is 315 g/mol. The third-order valence-corrected chi connectivity index (χ3v) is 3.09. The van der Waals surface area contributed by atoms with Gasteiger partial charge in [0.2, 0.25) is 5.91 Å². The second kappa shape index (κ2) is 8.49. The minimum atomic E-state index is -4.67. The lowest BCUT2D eigenvalue weighted by molar-refractivity contribution is -0.162. The first-order valence-corrected chi connectivity index (χ1v) is 6.72. The van der Waals surface area contributed by atoms with Crippen molar-refractivity contribution in [1.29, 1.82) is 0 Å².